The first-order chi connectivity index (χ1) is 6.15. The SMILES string of the molecule is CC([C@@H](C)I)N(C)C(=O)OC(C)(C)C. The average molecular weight is 313 g/mol. The second-order valence-corrected chi connectivity index (χ2v) is 6.47. The zero-order valence-electron chi connectivity index (χ0n) is 9.80. The molecule has 2 atom stereocenters. The van der Waals surface area contributed by atoms with Crippen LogP contribution in [0.4, 0.5) is 4.79 Å². The molecule has 1 amide bonds. The van der Waals surface area contributed by atoms with Crippen LogP contribution in [-0.2, 0) is 4.74 Å². The minimum Gasteiger partial charge on any atom is -0.444 e. The smallest absolute Gasteiger partial charge is 0.410 e. The molecule has 0 fully saturated rings. The number of hydrogen-bond acceptors (Lipinski definition) is 2. The van der Waals surface area contributed by atoms with Crippen molar-refractivity contribution in [2.24, 2.45) is 0 Å². The van der Waals surface area contributed by atoms with Gasteiger partial charge in [0.25, 0.3) is 0 Å². The molecule has 0 N–H and O–H groups in total. The van der Waals surface area contributed by atoms with Gasteiger partial charge >= 0.3 is 6.09 Å². The highest BCUT2D eigenvalue weighted by molar-refractivity contribution is 14.1. The molecule has 0 aromatic heterocycles. The summed E-state index contributed by atoms with van der Waals surface area (Å²) in [6, 6.07) is 0.186. The number of carbonyl (C=O) groups is 1. The van der Waals surface area contributed by atoms with Crippen molar-refractivity contribution in [2.45, 2.75) is 50.2 Å². The summed E-state index contributed by atoms with van der Waals surface area (Å²) in [5, 5.41) is 0. The fraction of sp³-hybridized carbons (Fsp3) is 0.900. The third-order valence-electron chi connectivity index (χ3n) is 1.96. The van der Waals surface area contributed by atoms with Crippen molar-refractivity contribution in [2.75, 3.05) is 7.05 Å². The lowest BCUT2D eigenvalue weighted by Gasteiger charge is -2.30. The van der Waals surface area contributed by atoms with Gasteiger partial charge in [0.2, 0.25) is 0 Å². The summed E-state index contributed by atoms with van der Waals surface area (Å²) in [7, 11) is 1.77. The highest BCUT2D eigenvalue weighted by atomic mass is 127. The zero-order valence-corrected chi connectivity index (χ0v) is 12.0. The molecular formula is C10H20INO2. The molecule has 84 valence electrons. The summed E-state index contributed by atoms with van der Waals surface area (Å²) in [6.45, 7) is 9.71. The molecule has 0 aliphatic carbocycles. The number of rotatable bonds is 2. The molecule has 4 heteroatoms. The standard InChI is InChI=1S/C10H20INO2/c1-7(11)8(2)12(6)9(13)14-10(3,4)5/h7-8H,1-6H3/t7-,8?/m1/s1. The Hall–Kier alpha value is 0. The number of carbonyl (C=O) groups excluding carboxylic acids is 1. The van der Waals surface area contributed by atoms with Gasteiger partial charge in [0.1, 0.15) is 5.60 Å². The van der Waals surface area contributed by atoms with E-state index >= 15 is 0 Å². The second-order valence-electron chi connectivity index (χ2n) is 4.51. The molecule has 0 aromatic rings. The Kier molecular flexibility index (Phi) is 5.19. The largest absolute Gasteiger partial charge is 0.444 e. The molecule has 0 bridgehead atoms. The Morgan fingerprint density at radius 2 is 1.79 bits per heavy atom. The fourth-order valence-corrected chi connectivity index (χ4v) is 1.29. The minimum absolute atomic E-state index is 0.186. The number of nitrogens with zero attached hydrogens (tertiary/aromatic N) is 1. The Labute approximate surface area is 100 Å². The van der Waals surface area contributed by atoms with E-state index in [1.807, 2.05) is 27.7 Å². The molecule has 0 rings (SSSR count). The van der Waals surface area contributed by atoms with Crippen molar-refractivity contribution in [3.8, 4) is 0 Å². The summed E-state index contributed by atoms with van der Waals surface area (Å²) in [4.78, 5) is 13.2. The van der Waals surface area contributed by atoms with Gasteiger partial charge in [-0.05, 0) is 27.7 Å². The average Bonchev–Trinajstić information content (AvgIpc) is 1.98. The number of hydrogen-bond donors (Lipinski definition) is 0. The van der Waals surface area contributed by atoms with Crippen molar-refractivity contribution >= 4 is 28.7 Å². The maximum absolute atomic E-state index is 11.6. The predicted molar refractivity (Wildman–Crippen MR) is 66.9 cm³/mol. The first kappa shape index (κ1) is 14.0. The van der Waals surface area contributed by atoms with Crippen molar-refractivity contribution in [3.63, 3.8) is 0 Å². The lowest BCUT2D eigenvalue weighted by atomic mass is 10.2. The van der Waals surface area contributed by atoms with E-state index < -0.39 is 5.60 Å². The third-order valence-corrected chi connectivity index (χ3v) is 3.00. The normalized spacial score (nSPS) is 15.9. The molecule has 1 unspecified atom stereocenters. The van der Waals surface area contributed by atoms with Crippen LogP contribution < -0.4 is 0 Å². The van der Waals surface area contributed by atoms with Crippen molar-refractivity contribution < 1.29 is 9.53 Å². The molecule has 0 aromatic carbocycles. The van der Waals surface area contributed by atoms with Gasteiger partial charge in [0.15, 0.2) is 0 Å². The molecule has 14 heavy (non-hydrogen) atoms. The zero-order chi connectivity index (χ0) is 11.5. The summed E-state index contributed by atoms with van der Waals surface area (Å²) < 4.78 is 5.66. The molecule has 0 radical (unpaired) electrons. The van der Waals surface area contributed by atoms with E-state index in [4.69, 9.17) is 4.74 Å². The molecular weight excluding hydrogens is 293 g/mol. The van der Waals surface area contributed by atoms with Gasteiger partial charge in [-0.2, -0.15) is 0 Å². The van der Waals surface area contributed by atoms with Crippen molar-refractivity contribution in [3.05, 3.63) is 0 Å². The van der Waals surface area contributed by atoms with E-state index in [9.17, 15) is 4.79 Å². The van der Waals surface area contributed by atoms with Gasteiger partial charge < -0.3 is 9.64 Å². The minimum atomic E-state index is -0.417. The summed E-state index contributed by atoms with van der Waals surface area (Å²) in [6.07, 6.45) is -0.256. The number of halogens is 1. The van der Waals surface area contributed by atoms with Crippen molar-refractivity contribution in [1.29, 1.82) is 0 Å². The van der Waals surface area contributed by atoms with Gasteiger partial charge in [0.05, 0.1) is 0 Å². The van der Waals surface area contributed by atoms with E-state index in [-0.39, 0.29) is 12.1 Å². The summed E-state index contributed by atoms with van der Waals surface area (Å²) in [5.74, 6) is 0. The molecule has 0 saturated carbocycles. The monoisotopic (exact) mass is 313 g/mol. The number of amides is 1. The van der Waals surface area contributed by atoms with E-state index in [0.717, 1.165) is 0 Å². The molecule has 0 spiro atoms. The van der Waals surface area contributed by atoms with Gasteiger partial charge in [-0.3, -0.25) is 0 Å². The van der Waals surface area contributed by atoms with Crippen LogP contribution in [0.15, 0.2) is 0 Å². The van der Waals surface area contributed by atoms with Gasteiger partial charge in [0, 0.05) is 17.0 Å². The van der Waals surface area contributed by atoms with Crippen LogP contribution in [0.1, 0.15) is 34.6 Å². The van der Waals surface area contributed by atoms with Gasteiger partial charge in [-0.15, -0.1) is 0 Å². The predicted octanol–water partition coefficient (Wildman–Crippen LogP) is 3.07. The Morgan fingerprint density at radius 1 is 1.36 bits per heavy atom. The first-order valence-electron chi connectivity index (χ1n) is 4.75. The van der Waals surface area contributed by atoms with Crippen LogP contribution in [0.3, 0.4) is 0 Å². The number of alkyl halides is 1. The topological polar surface area (TPSA) is 29.5 Å². The maximum atomic E-state index is 11.6. The van der Waals surface area contributed by atoms with E-state index in [1.165, 1.54) is 0 Å². The number of ether oxygens (including phenoxy) is 1. The van der Waals surface area contributed by atoms with Crippen LogP contribution in [0, 0.1) is 0 Å². The van der Waals surface area contributed by atoms with Crippen LogP contribution in [0.2, 0.25) is 0 Å². The molecule has 0 aliphatic rings. The Bertz CT molecular complexity index is 199. The molecule has 0 heterocycles. The Morgan fingerprint density at radius 3 is 2.07 bits per heavy atom. The highest BCUT2D eigenvalue weighted by Gasteiger charge is 2.24. The summed E-state index contributed by atoms with van der Waals surface area (Å²) >= 11 is 2.30. The third kappa shape index (κ3) is 5.02. The quantitative estimate of drug-likeness (QED) is 0.579. The van der Waals surface area contributed by atoms with E-state index in [2.05, 4.69) is 29.5 Å². The lowest BCUT2D eigenvalue weighted by molar-refractivity contribution is 0.0240. The van der Waals surface area contributed by atoms with Gasteiger partial charge in [-0.1, -0.05) is 29.5 Å². The van der Waals surface area contributed by atoms with Crippen LogP contribution in [0.5, 0.6) is 0 Å². The van der Waals surface area contributed by atoms with Crippen LogP contribution >= 0.6 is 22.6 Å². The fourth-order valence-electron chi connectivity index (χ4n) is 0.808. The van der Waals surface area contributed by atoms with Crippen LogP contribution in [-0.4, -0.2) is 33.6 Å². The van der Waals surface area contributed by atoms with E-state index in [1.54, 1.807) is 11.9 Å². The molecule has 3 nitrogen and oxygen atoms in total. The second kappa shape index (κ2) is 5.19. The van der Waals surface area contributed by atoms with Gasteiger partial charge in [-0.25, -0.2) is 4.79 Å². The van der Waals surface area contributed by atoms with Crippen molar-refractivity contribution in [1.82, 2.24) is 4.90 Å². The lowest BCUT2D eigenvalue weighted by Crippen LogP contribution is -2.42. The summed E-state index contributed by atoms with van der Waals surface area (Å²) in [5.41, 5.74) is -0.417. The molecule has 0 saturated heterocycles. The first-order valence-corrected chi connectivity index (χ1v) is 5.99. The van der Waals surface area contributed by atoms with Crippen LogP contribution in [0.25, 0.3) is 0 Å². The Balaban J connectivity index is 4.26. The maximum Gasteiger partial charge on any atom is 0.410 e. The highest BCUT2D eigenvalue weighted by Crippen LogP contribution is 2.15. The van der Waals surface area contributed by atoms with E-state index in [0.29, 0.717) is 3.92 Å². The molecule has 0 aliphatic heterocycles.